The molecule has 2 fully saturated rings. The Morgan fingerprint density at radius 3 is 2.52 bits per heavy atom. The van der Waals surface area contributed by atoms with E-state index in [1.165, 1.54) is 6.42 Å². The highest BCUT2D eigenvalue weighted by Crippen LogP contribution is 2.41. The number of likely N-dealkylation sites (N-methyl/N-ethyl adjacent to an activating group) is 1. The summed E-state index contributed by atoms with van der Waals surface area (Å²) in [5.74, 6) is 0.00806. The average Bonchev–Trinajstić information content (AvgIpc) is 2.94. The van der Waals surface area contributed by atoms with Crippen LogP contribution in [0.15, 0.2) is 30.3 Å². The zero-order chi connectivity index (χ0) is 14.7. The number of likely N-dealkylation sites (tertiary alicyclic amines) is 1. The zero-order valence-electron chi connectivity index (χ0n) is 12.9. The van der Waals surface area contributed by atoms with Crippen molar-refractivity contribution in [2.24, 2.45) is 0 Å². The number of carbonyl (C=O) groups is 1. The molecule has 1 aliphatic carbocycles. The molecule has 0 N–H and O–H groups in total. The molecular formula is C18H25NO2. The van der Waals surface area contributed by atoms with Gasteiger partial charge in [0.05, 0.1) is 5.41 Å². The molecular weight excluding hydrogens is 262 g/mol. The Bertz CT molecular complexity index is 479. The second-order valence-electron chi connectivity index (χ2n) is 6.59. The van der Waals surface area contributed by atoms with E-state index >= 15 is 0 Å². The van der Waals surface area contributed by atoms with Crippen LogP contribution in [0.5, 0.6) is 0 Å². The van der Waals surface area contributed by atoms with Crippen LogP contribution in [0, 0.1) is 0 Å². The Labute approximate surface area is 127 Å². The molecule has 0 amide bonds. The van der Waals surface area contributed by atoms with Gasteiger partial charge in [-0.1, -0.05) is 49.6 Å². The molecule has 3 rings (SSSR count). The molecule has 3 heteroatoms. The molecule has 0 spiro atoms. The van der Waals surface area contributed by atoms with Gasteiger partial charge in [0, 0.05) is 13.1 Å². The van der Waals surface area contributed by atoms with Gasteiger partial charge in [0.15, 0.2) is 0 Å². The summed E-state index contributed by atoms with van der Waals surface area (Å²) in [5.41, 5.74) is 0.738. The fraction of sp³-hybridized carbons (Fsp3) is 0.611. The van der Waals surface area contributed by atoms with Gasteiger partial charge in [0.25, 0.3) is 0 Å². The van der Waals surface area contributed by atoms with E-state index in [1.807, 2.05) is 18.2 Å². The molecule has 21 heavy (non-hydrogen) atoms. The minimum Gasteiger partial charge on any atom is -0.460 e. The number of esters is 1. The number of hydrogen-bond donors (Lipinski definition) is 0. The van der Waals surface area contributed by atoms with Crippen LogP contribution in [-0.2, 0) is 14.9 Å². The second-order valence-corrected chi connectivity index (χ2v) is 6.59. The van der Waals surface area contributed by atoms with Crippen LogP contribution >= 0.6 is 0 Å². The summed E-state index contributed by atoms with van der Waals surface area (Å²) in [7, 11) is 2.08. The molecule has 114 valence electrons. The van der Waals surface area contributed by atoms with Crippen LogP contribution in [-0.4, -0.2) is 37.1 Å². The summed E-state index contributed by atoms with van der Waals surface area (Å²) >= 11 is 0. The maximum atomic E-state index is 12.9. The van der Waals surface area contributed by atoms with Crippen molar-refractivity contribution >= 4 is 5.97 Å². The van der Waals surface area contributed by atoms with Gasteiger partial charge in [-0.15, -0.1) is 0 Å². The molecule has 0 radical (unpaired) electrons. The Hall–Kier alpha value is -1.35. The first kappa shape index (κ1) is 14.6. The van der Waals surface area contributed by atoms with E-state index < -0.39 is 5.41 Å². The maximum Gasteiger partial charge on any atom is 0.316 e. The third-order valence-corrected chi connectivity index (χ3v) is 5.05. The first-order valence-electron chi connectivity index (χ1n) is 8.16. The van der Waals surface area contributed by atoms with Crippen molar-refractivity contribution < 1.29 is 9.53 Å². The summed E-state index contributed by atoms with van der Waals surface area (Å²) in [5, 5.41) is 0. The van der Waals surface area contributed by atoms with E-state index in [0.29, 0.717) is 0 Å². The lowest BCUT2D eigenvalue weighted by Gasteiger charge is -2.36. The van der Waals surface area contributed by atoms with Crippen molar-refractivity contribution in [3.63, 3.8) is 0 Å². The Kier molecular flexibility index (Phi) is 4.29. The normalized spacial score (nSPS) is 25.7. The number of nitrogens with zero attached hydrogens (tertiary/aromatic N) is 1. The Balaban J connectivity index is 1.80. The van der Waals surface area contributed by atoms with Crippen molar-refractivity contribution in [2.75, 3.05) is 20.1 Å². The van der Waals surface area contributed by atoms with Gasteiger partial charge in [0.1, 0.15) is 6.10 Å². The summed E-state index contributed by atoms with van der Waals surface area (Å²) in [6.07, 6.45) is 6.37. The molecule has 2 aliphatic rings. The van der Waals surface area contributed by atoms with Crippen molar-refractivity contribution in [3.05, 3.63) is 35.9 Å². The lowest BCUT2D eigenvalue weighted by Crippen LogP contribution is -2.41. The number of benzene rings is 1. The van der Waals surface area contributed by atoms with Gasteiger partial charge in [-0.05, 0) is 31.9 Å². The molecule has 0 bridgehead atoms. The predicted octanol–water partition coefficient (Wildman–Crippen LogP) is 3.14. The molecule has 1 aromatic rings. The number of hydrogen-bond acceptors (Lipinski definition) is 3. The topological polar surface area (TPSA) is 29.5 Å². The molecule has 1 aromatic carbocycles. The lowest BCUT2D eigenvalue weighted by molar-refractivity contribution is -0.157. The van der Waals surface area contributed by atoms with Crippen LogP contribution < -0.4 is 0 Å². The standard InChI is InChI=1S/C18H25NO2/c1-19-13-10-16(14-19)21-17(20)18(11-6-3-7-12-18)15-8-4-2-5-9-15/h2,4-5,8-9,16H,3,6-7,10-14H2,1H3/t16-/m0/s1. The number of ether oxygens (including phenoxy) is 1. The van der Waals surface area contributed by atoms with Gasteiger partial charge < -0.3 is 9.64 Å². The molecule has 1 saturated carbocycles. The van der Waals surface area contributed by atoms with Crippen LogP contribution in [0.1, 0.15) is 44.1 Å². The maximum absolute atomic E-state index is 12.9. The van der Waals surface area contributed by atoms with E-state index in [9.17, 15) is 4.79 Å². The fourth-order valence-corrected chi connectivity index (χ4v) is 3.78. The highest BCUT2D eigenvalue weighted by molar-refractivity contribution is 5.83. The van der Waals surface area contributed by atoms with E-state index in [2.05, 4.69) is 24.1 Å². The Morgan fingerprint density at radius 1 is 1.19 bits per heavy atom. The van der Waals surface area contributed by atoms with Gasteiger partial charge in [-0.3, -0.25) is 4.79 Å². The second kappa shape index (κ2) is 6.18. The molecule has 1 saturated heterocycles. The van der Waals surface area contributed by atoms with Crippen molar-refractivity contribution in [3.8, 4) is 0 Å². The van der Waals surface area contributed by atoms with Crippen LogP contribution in [0.4, 0.5) is 0 Å². The SMILES string of the molecule is CN1CC[C@H](OC(=O)C2(c3ccccc3)CCCCC2)C1. The van der Waals surface area contributed by atoms with Crippen molar-refractivity contribution in [1.82, 2.24) is 4.90 Å². The minimum atomic E-state index is -0.402. The predicted molar refractivity (Wildman–Crippen MR) is 83.2 cm³/mol. The van der Waals surface area contributed by atoms with E-state index in [4.69, 9.17) is 4.74 Å². The van der Waals surface area contributed by atoms with E-state index in [-0.39, 0.29) is 12.1 Å². The highest BCUT2D eigenvalue weighted by atomic mass is 16.5. The lowest BCUT2D eigenvalue weighted by atomic mass is 9.69. The van der Waals surface area contributed by atoms with Crippen molar-refractivity contribution in [2.45, 2.75) is 50.0 Å². The van der Waals surface area contributed by atoms with Crippen molar-refractivity contribution in [1.29, 1.82) is 0 Å². The minimum absolute atomic E-state index is 0.00806. The molecule has 0 aromatic heterocycles. The molecule has 1 aliphatic heterocycles. The summed E-state index contributed by atoms with van der Waals surface area (Å²) in [6.45, 7) is 1.90. The first-order valence-corrected chi connectivity index (χ1v) is 8.16. The monoisotopic (exact) mass is 287 g/mol. The first-order chi connectivity index (χ1) is 10.2. The summed E-state index contributed by atoms with van der Waals surface area (Å²) in [4.78, 5) is 15.2. The molecule has 1 heterocycles. The van der Waals surface area contributed by atoms with Gasteiger partial charge in [0.2, 0.25) is 0 Å². The average molecular weight is 287 g/mol. The van der Waals surface area contributed by atoms with Gasteiger partial charge in [-0.2, -0.15) is 0 Å². The fourth-order valence-electron chi connectivity index (χ4n) is 3.78. The molecule has 3 nitrogen and oxygen atoms in total. The van der Waals surface area contributed by atoms with E-state index in [0.717, 1.165) is 50.8 Å². The Morgan fingerprint density at radius 2 is 1.90 bits per heavy atom. The largest absolute Gasteiger partial charge is 0.460 e. The van der Waals surface area contributed by atoms with Crippen LogP contribution in [0.2, 0.25) is 0 Å². The number of rotatable bonds is 3. The van der Waals surface area contributed by atoms with Gasteiger partial charge >= 0.3 is 5.97 Å². The van der Waals surface area contributed by atoms with Crippen LogP contribution in [0.25, 0.3) is 0 Å². The van der Waals surface area contributed by atoms with Crippen LogP contribution in [0.3, 0.4) is 0 Å². The molecule has 1 atom stereocenters. The smallest absolute Gasteiger partial charge is 0.316 e. The summed E-state index contributed by atoms with van der Waals surface area (Å²) < 4.78 is 5.90. The third-order valence-electron chi connectivity index (χ3n) is 5.05. The van der Waals surface area contributed by atoms with Gasteiger partial charge in [-0.25, -0.2) is 0 Å². The number of carbonyl (C=O) groups excluding carboxylic acids is 1. The quantitative estimate of drug-likeness (QED) is 0.800. The van der Waals surface area contributed by atoms with E-state index in [1.54, 1.807) is 0 Å². The zero-order valence-corrected chi connectivity index (χ0v) is 12.9. The highest BCUT2D eigenvalue weighted by Gasteiger charge is 2.43. The third kappa shape index (κ3) is 2.98. The summed E-state index contributed by atoms with van der Waals surface area (Å²) in [6, 6.07) is 10.3. The molecule has 0 unspecified atom stereocenters.